The molecule has 32 heavy (non-hydrogen) atoms. The molecular formula is C20H24N8O3S. The predicted octanol–water partition coefficient (Wildman–Crippen LogP) is 2.10. The first-order valence-corrected chi connectivity index (χ1v) is 11.7. The van der Waals surface area contributed by atoms with Crippen LogP contribution in [0.15, 0.2) is 36.9 Å². The van der Waals surface area contributed by atoms with E-state index in [2.05, 4.69) is 30.7 Å². The number of amides is 2. The molecule has 1 saturated heterocycles. The summed E-state index contributed by atoms with van der Waals surface area (Å²) in [5.74, 6) is 0.947. The van der Waals surface area contributed by atoms with Crippen LogP contribution in [0.3, 0.4) is 0 Å². The van der Waals surface area contributed by atoms with Crippen molar-refractivity contribution in [2.45, 2.75) is 33.2 Å². The maximum absolute atomic E-state index is 12.7. The van der Waals surface area contributed by atoms with Crippen LogP contribution in [0.1, 0.15) is 36.3 Å². The zero-order chi connectivity index (χ0) is 22.9. The summed E-state index contributed by atoms with van der Waals surface area (Å²) in [7, 11) is -3.33. The molecule has 0 unspecified atom stereocenters. The van der Waals surface area contributed by atoms with Crippen LogP contribution in [0.5, 0.6) is 0 Å². The fourth-order valence-corrected chi connectivity index (χ4v) is 5.29. The van der Waals surface area contributed by atoms with Crippen molar-refractivity contribution in [1.29, 1.82) is 0 Å². The van der Waals surface area contributed by atoms with Gasteiger partial charge in [-0.25, -0.2) is 28.2 Å². The Bertz CT molecular complexity index is 1240. The standard InChI is InChI=1S/C20H24N8O3S/c1-13-10-14(2)17(27-8-5-9-32(27,30)31)11-16(13)26-20(29)25-15(3)18-23-12-24-28(18)19-21-6-4-7-22-19/h4,6-7,10-12,15H,5,8-9H2,1-3H3,(H2,25,26,29)/t15-/m0/s1. The van der Waals surface area contributed by atoms with E-state index in [1.54, 1.807) is 31.5 Å². The highest BCUT2D eigenvalue weighted by molar-refractivity contribution is 7.93. The fraction of sp³-hybridized carbons (Fsp3) is 0.350. The smallest absolute Gasteiger partial charge is 0.319 e. The van der Waals surface area contributed by atoms with E-state index >= 15 is 0 Å². The van der Waals surface area contributed by atoms with Gasteiger partial charge in [-0.3, -0.25) is 4.31 Å². The third kappa shape index (κ3) is 4.26. The molecule has 12 heteroatoms. The molecule has 0 aliphatic carbocycles. The van der Waals surface area contributed by atoms with Gasteiger partial charge >= 0.3 is 6.03 Å². The molecule has 1 aromatic carbocycles. The van der Waals surface area contributed by atoms with Crippen LogP contribution in [0.2, 0.25) is 0 Å². The lowest BCUT2D eigenvalue weighted by atomic mass is 10.1. The highest BCUT2D eigenvalue weighted by atomic mass is 32.2. The van der Waals surface area contributed by atoms with Crippen molar-refractivity contribution in [3.8, 4) is 5.95 Å². The quantitative estimate of drug-likeness (QED) is 0.600. The summed E-state index contributed by atoms with van der Waals surface area (Å²) in [5.41, 5.74) is 2.78. The normalized spacial score (nSPS) is 16.0. The third-order valence-corrected chi connectivity index (χ3v) is 7.07. The van der Waals surface area contributed by atoms with Crippen molar-refractivity contribution in [2.75, 3.05) is 21.9 Å². The molecule has 2 amide bonds. The van der Waals surface area contributed by atoms with Gasteiger partial charge in [0.2, 0.25) is 10.0 Å². The summed E-state index contributed by atoms with van der Waals surface area (Å²) in [6.45, 7) is 5.93. The van der Waals surface area contributed by atoms with Crippen LogP contribution in [0, 0.1) is 13.8 Å². The summed E-state index contributed by atoms with van der Waals surface area (Å²) >= 11 is 0. The maximum atomic E-state index is 12.7. The molecule has 1 atom stereocenters. The molecule has 1 aliphatic heterocycles. The van der Waals surface area contributed by atoms with Gasteiger partial charge in [0.15, 0.2) is 5.82 Å². The monoisotopic (exact) mass is 456 g/mol. The number of aryl methyl sites for hydroxylation is 2. The Balaban J connectivity index is 1.52. The zero-order valence-corrected chi connectivity index (χ0v) is 18.8. The SMILES string of the molecule is Cc1cc(C)c(N2CCCS2(=O)=O)cc1NC(=O)N[C@@H](C)c1ncnn1-c1ncccn1. The number of nitrogens with one attached hydrogen (secondary N) is 2. The molecule has 1 aliphatic rings. The Morgan fingerprint density at radius 2 is 1.88 bits per heavy atom. The van der Waals surface area contributed by atoms with Crippen LogP contribution in [-0.4, -0.2) is 51.5 Å². The van der Waals surface area contributed by atoms with Crippen molar-refractivity contribution in [2.24, 2.45) is 0 Å². The van der Waals surface area contributed by atoms with Crippen LogP contribution in [0.4, 0.5) is 16.2 Å². The van der Waals surface area contributed by atoms with E-state index in [9.17, 15) is 13.2 Å². The van der Waals surface area contributed by atoms with Crippen molar-refractivity contribution in [1.82, 2.24) is 30.0 Å². The predicted molar refractivity (Wildman–Crippen MR) is 119 cm³/mol. The zero-order valence-electron chi connectivity index (χ0n) is 18.0. The van der Waals surface area contributed by atoms with Gasteiger partial charge < -0.3 is 10.6 Å². The topological polar surface area (TPSA) is 135 Å². The molecular weight excluding hydrogens is 432 g/mol. The number of sulfonamides is 1. The van der Waals surface area contributed by atoms with E-state index < -0.39 is 22.1 Å². The molecule has 168 valence electrons. The Morgan fingerprint density at radius 3 is 2.56 bits per heavy atom. The molecule has 1 fully saturated rings. The number of urea groups is 1. The number of rotatable bonds is 5. The highest BCUT2D eigenvalue weighted by Gasteiger charge is 2.30. The Kier molecular flexibility index (Phi) is 5.78. The Hall–Kier alpha value is -3.54. The lowest BCUT2D eigenvalue weighted by Gasteiger charge is -2.22. The van der Waals surface area contributed by atoms with Crippen LogP contribution in [-0.2, 0) is 10.0 Å². The van der Waals surface area contributed by atoms with Crippen molar-refractivity contribution in [3.63, 3.8) is 0 Å². The minimum atomic E-state index is -3.33. The molecule has 2 aromatic heterocycles. The number of benzene rings is 1. The number of aromatic nitrogens is 5. The fourth-order valence-electron chi connectivity index (χ4n) is 3.67. The van der Waals surface area contributed by atoms with E-state index in [1.165, 1.54) is 15.3 Å². The number of nitrogens with zero attached hydrogens (tertiary/aromatic N) is 6. The molecule has 0 bridgehead atoms. The van der Waals surface area contributed by atoms with Gasteiger partial charge in [0, 0.05) is 24.6 Å². The second-order valence-corrected chi connectivity index (χ2v) is 9.61. The molecule has 0 spiro atoms. The molecule has 11 nitrogen and oxygen atoms in total. The number of hydrogen-bond acceptors (Lipinski definition) is 7. The number of carbonyl (C=O) groups excluding carboxylic acids is 1. The van der Waals surface area contributed by atoms with Crippen LogP contribution < -0.4 is 14.9 Å². The van der Waals surface area contributed by atoms with E-state index in [1.807, 2.05) is 19.9 Å². The summed E-state index contributed by atoms with van der Waals surface area (Å²) in [6, 6.07) is 4.32. The van der Waals surface area contributed by atoms with Crippen molar-refractivity contribution >= 4 is 27.4 Å². The lowest BCUT2D eigenvalue weighted by Crippen LogP contribution is -2.33. The first-order chi connectivity index (χ1) is 15.3. The highest BCUT2D eigenvalue weighted by Crippen LogP contribution is 2.32. The molecule has 2 N–H and O–H groups in total. The average Bonchev–Trinajstić information content (AvgIpc) is 3.37. The van der Waals surface area contributed by atoms with Crippen LogP contribution in [0.25, 0.3) is 5.95 Å². The molecule has 0 saturated carbocycles. The van der Waals surface area contributed by atoms with Gasteiger partial charge in [-0.2, -0.15) is 9.78 Å². The Labute approximate surface area is 186 Å². The number of anilines is 2. The van der Waals surface area contributed by atoms with Crippen molar-refractivity contribution in [3.05, 3.63) is 53.9 Å². The first kappa shape index (κ1) is 21.7. The summed E-state index contributed by atoms with van der Waals surface area (Å²) in [5, 5.41) is 9.79. The summed E-state index contributed by atoms with van der Waals surface area (Å²) < 4.78 is 27.6. The summed E-state index contributed by atoms with van der Waals surface area (Å²) in [6.07, 6.45) is 5.14. The Morgan fingerprint density at radius 1 is 1.12 bits per heavy atom. The molecule has 3 aromatic rings. The van der Waals surface area contributed by atoms with E-state index in [0.717, 1.165) is 11.1 Å². The lowest BCUT2D eigenvalue weighted by molar-refractivity contribution is 0.248. The van der Waals surface area contributed by atoms with E-state index in [0.29, 0.717) is 36.1 Å². The molecule has 0 radical (unpaired) electrons. The minimum Gasteiger partial charge on any atom is -0.328 e. The number of carbonyl (C=O) groups is 1. The van der Waals surface area contributed by atoms with E-state index in [4.69, 9.17) is 0 Å². The maximum Gasteiger partial charge on any atom is 0.319 e. The van der Waals surface area contributed by atoms with Gasteiger partial charge in [-0.05, 0) is 50.5 Å². The van der Waals surface area contributed by atoms with Crippen LogP contribution >= 0.6 is 0 Å². The number of hydrogen-bond donors (Lipinski definition) is 2. The summed E-state index contributed by atoms with van der Waals surface area (Å²) in [4.78, 5) is 25.3. The second kappa shape index (κ2) is 8.54. The molecule has 4 rings (SSSR count). The first-order valence-electron chi connectivity index (χ1n) is 10.1. The van der Waals surface area contributed by atoms with E-state index in [-0.39, 0.29) is 5.75 Å². The second-order valence-electron chi connectivity index (χ2n) is 7.59. The largest absolute Gasteiger partial charge is 0.328 e. The van der Waals surface area contributed by atoms with Gasteiger partial charge in [0.25, 0.3) is 5.95 Å². The van der Waals surface area contributed by atoms with Gasteiger partial charge in [0.1, 0.15) is 6.33 Å². The van der Waals surface area contributed by atoms with Gasteiger partial charge in [0.05, 0.1) is 17.5 Å². The third-order valence-electron chi connectivity index (χ3n) is 5.21. The minimum absolute atomic E-state index is 0.132. The van der Waals surface area contributed by atoms with Gasteiger partial charge in [-0.1, -0.05) is 6.07 Å². The van der Waals surface area contributed by atoms with Gasteiger partial charge in [-0.15, -0.1) is 0 Å². The molecule has 3 heterocycles. The average molecular weight is 457 g/mol. The van der Waals surface area contributed by atoms with Crippen molar-refractivity contribution < 1.29 is 13.2 Å².